The Kier molecular flexibility index (Phi) is 5.68. The summed E-state index contributed by atoms with van der Waals surface area (Å²) < 4.78 is 10.6. The van der Waals surface area contributed by atoms with Crippen molar-refractivity contribution in [2.75, 3.05) is 7.11 Å². The lowest BCUT2D eigenvalue weighted by Crippen LogP contribution is -2.28. The SMILES string of the molecule is CC[C@H](OC(=O)[C@@H](C)c1ccc2cc(OC)ccc2c1)C(=N)C=N. The van der Waals surface area contributed by atoms with Gasteiger partial charge in [-0.25, -0.2) is 0 Å². The summed E-state index contributed by atoms with van der Waals surface area (Å²) in [6.07, 6.45) is 0.724. The van der Waals surface area contributed by atoms with E-state index in [1.807, 2.05) is 43.3 Å². The number of ether oxygens (including phenoxy) is 2. The molecule has 24 heavy (non-hydrogen) atoms. The minimum absolute atomic E-state index is 0.00339. The van der Waals surface area contributed by atoms with Gasteiger partial charge in [0.15, 0.2) is 0 Å². The number of methoxy groups -OCH3 is 1. The van der Waals surface area contributed by atoms with Gasteiger partial charge in [0.2, 0.25) is 0 Å². The van der Waals surface area contributed by atoms with E-state index >= 15 is 0 Å². The molecule has 0 bridgehead atoms. The van der Waals surface area contributed by atoms with Gasteiger partial charge in [0, 0.05) is 6.21 Å². The lowest BCUT2D eigenvalue weighted by Gasteiger charge is -2.18. The van der Waals surface area contributed by atoms with E-state index in [2.05, 4.69) is 0 Å². The van der Waals surface area contributed by atoms with Crippen molar-refractivity contribution in [1.29, 1.82) is 10.8 Å². The molecule has 2 aromatic rings. The number of fused-ring (bicyclic) bond motifs is 1. The maximum Gasteiger partial charge on any atom is 0.313 e. The van der Waals surface area contributed by atoms with Crippen LogP contribution in [0.5, 0.6) is 5.75 Å². The minimum atomic E-state index is -0.665. The van der Waals surface area contributed by atoms with Crippen LogP contribution in [-0.2, 0) is 9.53 Å². The molecule has 2 N–H and O–H groups in total. The van der Waals surface area contributed by atoms with E-state index in [1.165, 1.54) is 0 Å². The molecule has 0 radical (unpaired) electrons. The third kappa shape index (κ3) is 3.79. The number of rotatable bonds is 7. The molecule has 0 spiro atoms. The predicted molar refractivity (Wildman–Crippen MR) is 95.6 cm³/mol. The number of benzene rings is 2. The fourth-order valence-corrected chi connectivity index (χ4v) is 2.48. The lowest BCUT2D eigenvalue weighted by molar-refractivity contribution is -0.147. The molecule has 5 heteroatoms. The Morgan fingerprint density at radius 1 is 1.21 bits per heavy atom. The molecular formula is C19H22N2O3. The summed E-state index contributed by atoms with van der Waals surface area (Å²) in [6, 6.07) is 11.6. The fourth-order valence-electron chi connectivity index (χ4n) is 2.48. The summed E-state index contributed by atoms with van der Waals surface area (Å²) in [7, 11) is 1.63. The Bertz CT molecular complexity index is 770. The second kappa shape index (κ2) is 7.73. The largest absolute Gasteiger partial charge is 0.497 e. The van der Waals surface area contributed by atoms with Crippen molar-refractivity contribution in [2.24, 2.45) is 0 Å². The summed E-state index contributed by atoms with van der Waals surface area (Å²) in [5.74, 6) is -0.0379. The van der Waals surface area contributed by atoms with Crippen LogP contribution in [0.25, 0.3) is 10.8 Å². The second-order valence-electron chi connectivity index (χ2n) is 5.63. The summed E-state index contributed by atoms with van der Waals surface area (Å²) in [5, 5.41) is 16.8. The van der Waals surface area contributed by atoms with Gasteiger partial charge in [-0.05, 0) is 41.8 Å². The number of hydrogen-bond donors (Lipinski definition) is 2. The highest BCUT2D eigenvalue weighted by atomic mass is 16.5. The lowest BCUT2D eigenvalue weighted by atomic mass is 9.97. The van der Waals surface area contributed by atoms with Crippen LogP contribution in [-0.4, -0.2) is 31.1 Å². The molecule has 126 valence electrons. The van der Waals surface area contributed by atoms with Crippen molar-refractivity contribution in [3.63, 3.8) is 0 Å². The Hall–Kier alpha value is -2.69. The predicted octanol–water partition coefficient (Wildman–Crippen LogP) is 3.94. The van der Waals surface area contributed by atoms with Crippen LogP contribution in [0.1, 0.15) is 31.7 Å². The minimum Gasteiger partial charge on any atom is -0.497 e. The highest BCUT2D eigenvalue weighted by molar-refractivity contribution is 6.30. The maximum atomic E-state index is 12.4. The van der Waals surface area contributed by atoms with E-state index in [-0.39, 0.29) is 11.7 Å². The van der Waals surface area contributed by atoms with E-state index in [4.69, 9.17) is 20.3 Å². The third-order valence-electron chi connectivity index (χ3n) is 4.06. The summed E-state index contributed by atoms with van der Waals surface area (Å²) in [6.45, 7) is 3.61. The molecule has 0 fully saturated rings. The van der Waals surface area contributed by atoms with Crippen LogP contribution in [0, 0.1) is 10.8 Å². The van der Waals surface area contributed by atoms with Gasteiger partial charge in [0.25, 0.3) is 0 Å². The molecule has 2 rings (SSSR count). The average molecular weight is 326 g/mol. The molecule has 0 amide bonds. The van der Waals surface area contributed by atoms with Gasteiger partial charge < -0.3 is 14.9 Å². The highest BCUT2D eigenvalue weighted by Crippen LogP contribution is 2.26. The fraction of sp³-hybridized carbons (Fsp3) is 0.316. The van der Waals surface area contributed by atoms with Crippen molar-refractivity contribution in [2.45, 2.75) is 32.3 Å². The molecule has 0 unspecified atom stereocenters. The first-order valence-electron chi connectivity index (χ1n) is 7.87. The van der Waals surface area contributed by atoms with Crippen molar-refractivity contribution >= 4 is 28.7 Å². The topological polar surface area (TPSA) is 83.2 Å². The Labute approximate surface area is 141 Å². The van der Waals surface area contributed by atoms with Crippen LogP contribution >= 0.6 is 0 Å². The van der Waals surface area contributed by atoms with Crippen molar-refractivity contribution in [3.8, 4) is 5.75 Å². The summed E-state index contributed by atoms with van der Waals surface area (Å²) in [4.78, 5) is 12.4. The van der Waals surface area contributed by atoms with Crippen molar-refractivity contribution in [1.82, 2.24) is 0 Å². The molecule has 0 aromatic heterocycles. The molecular weight excluding hydrogens is 304 g/mol. The Morgan fingerprint density at radius 3 is 2.50 bits per heavy atom. The van der Waals surface area contributed by atoms with E-state index in [1.54, 1.807) is 14.0 Å². The highest BCUT2D eigenvalue weighted by Gasteiger charge is 2.22. The van der Waals surface area contributed by atoms with Crippen LogP contribution in [0.2, 0.25) is 0 Å². The Balaban J connectivity index is 2.20. The molecule has 5 nitrogen and oxygen atoms in total. The second-order valence-corrected chi connectivity index (χ2v) is 5.63. The van der Waals surface area contributed by atoms with E-state index in [0.29, 0.717) is 6.42 Å². The number of carbonyl (C=O) groups is 1. The van der Waals surface area contributed by atoms with Crippen LogP contribution in [0.3, 0.4) is 0 Å². The first kappa shape index (κ1) is 17.7. The molecule has 0 saturated heterocycles. The Morgan fingerprint density at radius 2 is 1.88 bits per heavy atom. The zero-order valence-electron chi connectivity index (χ0n) is 14.1. The van der Waals surface area contributed by atoms with E-state index < -0.39 is 12.0 Å². The van der Waals surface area contributed by atoms with Crippen LogP contribution < -0.4 is 4.74 Å². The van der Waals surface area contributed by atoms with Crippen LogP contribution in [0.15, 0.2) is 36.4 Å². The number of hydrogen-bond acceptors (Lipinski definition) is 5. The summed E-state index contributed by atoms with van der Waals surface area (Å²) >= 11 is 0. The molecule has 0 saturated carbocycles. The smallest absolute Gasteiger partial charge is 0.313 e. The number of esters is 1. The van der Waals surface area contributed by atoms with Gasteiger partial charge in [-0.15, -0.1) is 0 Å². The van der Waals surface area contributed by atoms with Crippen molar-refractivity contribution in [3.05, 3.63) is 42.0 Å². The molecule has 0 aliphatic rings. The first-order valence-corrected chi connectivity index (χ1v) is 7.87. The normalized spacial score (nSPS) is 13.1. The molecule has 0 aliphatic heterocycles. The van der Waals surface area contributed by atoms with Gasteiger partial charge in [-0.3, -0.25) is 10.2 Å². The van der Waals surface area contributed by atoms with Gasteiger partial charge in [-0.2, -0.15) is 0 Å². The van der Waals surface area contributed by atoms with Gasteiger partial charge >= 0.3 is 5.97 Å². The first-order chi connectivity index (χ1) is 11.5. The van der Waals surface area contributed by atoms with Gasteiger partial charge in [0.1, 0.15) is 11.9 Å². The maximum absolute atomic E-state index is 12.4. The van der Waals surface area contributed by atoms with Crippen LogP contribution in [0.4, 0.5) is 0 Å². The average Bonchev–Trinajstić information content (AvgIpc) is 2.63. The molecule has 2 atom stereocenters. The standard InChI is InChI=1S/C19H22N2O3/c1-4-18(17(21)11-20)24-19(22)12(2)13-5-6-15-10-16(23-3)8-7-14(15)9-13/h5-12,18,20-21H,4H2,1-3H3/t12-,18-/m0/s1. The zero-order valence-corrected chi connectivity index (χ0v) is 14.1. The monoisotopic (exact) mass is 326 g/mol. The number of nitrogens with one attached hydrogen (secondary N) is 2. The van der Waals surface area contributed by atoms with E-state index in [9.17, 15) is 4.79 Å². The van der Waals surface area contributed by atoms with Gasteiger partial charge in [-0.1, -0.05) is 31.2 Å². The zero-order chi connectivity index (χ0) is 17.7. The van der Waals surface area contributed by atoms with Crippen molar-refractivity contribution < 1.29 is 14.3 Å². The number of carbonyl (C=O) groups excluding carboxylic acids is 1. The van der Waals surface area contributed by atoms with Gasteiger partial charge in [0.05, 0.1) is 18.7 Å². The van der Waals surface area contributed by atoms with E-state index in [0.717, 1.165) is 28.3 Å². The quantitative estimate of drug-likeness (QED) is 0.597. The molecule has 2 aromatic carbocycles. The third-order valence-corrected chi connectivity index (χ3v) is 4.06. The molecule has 0 heterocycles. The molecule has 0 aliphatic carbocycles. The summed E-state index contributed by atoms with van der Waals surface area (Å²) in [5.41, 5.74) is 0.859.